The Kier molecular flexibility index (Phi) is 5.29. The highest BCUT2D eigenvalue weighted by atomic mass is 79.9. The summed E-state index contributed by atoms with van der Waals surface area (Å²) < 4.78 is 7.24. The fourth-order valence-corrected chi connectivity index (χ4v) is 4.74. The zero-order chi connectivity index (χ0) is 19.6. The molecule has 2 heterocycles. The zero-order valence-electron chi connectivity index (χ0n) is 16.4. The molecule has 0 atom stereocenters. The Morgan fingerprint density at radius 2 is 1.97 bits per heavy atom. The maximum absolute atomic E-state index is 6.20. The quantitative estimate of drug-likeness (QED) is 0.371. The molecule has 2 N–H and O–H groups in total. The van der Waals surface area contributed by atoms with Crippen molar-refractivity contribution >= 4 is 27.4 Å². The summed E-state index contributed by atoms with van der Waals surface area (Å²) >= 11 is 3.53. The summed E-state index contributed by atoms with van der Waals surface area (Å²) in [4.78, 5) is 2.54. The van der Waals surface area contributed by atoms with E-state index in [1.54, 1.807) is 0 Å². The van der Waals surface area contributed by atoms with Gasteiger partial charge >= 0.3 is 0 Å². The minimum atomic E-state index is 0.766. The largest absolute Gasteiger partial charge is 0.493 e. The first-order valence-electron chi connectivity index (χ1n) is 10.4. The molecule has 0 radical (unpaired) electrons. The molecule has 5 rings (SSSR count). The maximum Gasteiger partial charge on any atom is 0.156 e. The van der Waals surface area contributed by atoms with Crippen molar-refractivity contribution in [3.05, 3.63) is 58.1 Å². The highest BCUT2D eigenvalue weighted by molar-refractivity contribution is 9.10. The number of H-pyrrole nitrogens is 1. The number of nitrogens with zero attached hydrogens (tertiary/aromatic N) is 2. The molecule has 2 aromatic carbocycles. The number of likely N-dealkylation sites (tertiary alicyclic amines) is 1. The van der Waals surface area contributed by atoms with Crippen molar-refractivity contribution in [2.24, 2.45) is 0 Å². The van der Waals surface area contributed by atoms with Crippen molar-refractivity contribution < 1.29 is 4.74 Å². The van der Waals surface area contributed by atoms with Crippen molar-refractivity contribution in [3.8, 4) is 17.0 Å². The third-order valence-corrected chi connectivity index (χ3v) is 6.28. The van der Waals surface area contributed by atoms with Crippen LogP contribution in [0.3, 0.4) is 0 Å². The molecule has 150 valence electrons. The first-order valence-corrected chi connectivity index (χ1v) is 11.1. The number of fused-ring (bicyclic) bond motifs is 3. The van der Waals surface area contributed by atoms with Crippen LogP contribution in [0.25, 0.3) is 11.3 Å². The monoisotopic (exact) mass is 452 g/mol. The van der Waals surface area contributed by atoms with Gasteiger partial charge in [-0.1, -0.05) is 34.1 Å². The molecule has 5 nitrogen and oxygen atoms in total. The average molecular weight is 453 g/mol. The van der Waals surface area contributed by atoms with E-state index in [0.717, 1.165) is 53.4 Å². The summed E-state index contributed by atoms with van der Waals surface area (Å²) in [5.74, 6) is 1.89. The van der Waals surface area contributed by atoms with Crippen LogP contribution < -0.4 is 10.1 Å². The zero-order valence-corrected chi connectivity index (χ0v) is 18.0. The van der Waals surface area contributed by atoms with E-state index < -0.39 is 0 Å². The van der Waals surface area contributed by atoms with Crippen molar-refractivity contribution in [1.29, 1.82) is 0 Å². The van der Waals surface area contributed by atoms with Gasteiger partial charge < -0.3 is 15.0 Å². The normalized spacial score (nSPS) is 15.3. The number of hydrogen-bond donors (Lipinski definition) is 2. The van der Waals surface area contributed by atoms with E-state index in [0.29, 0.717) is 0 Å². The van der Waals surface area contributed by atoms with E-state index in [9.17, 15) is 0 Å². The Labute approximate surface area is 179 Å². The van der Waals surface area contributed by atoms with Gasteiger partial charge in [0.15, 0.2) is 5.82 Å². The molecule has 2 aliphatic rings. The van der Waals surface area contributed by atoms with Gasteiger partial charge in [0.25, 0.3) is 0 Å². The van der Waals surface area contributed by atoms with Crippen molar-refractivity contribution in [2.45, 2.75) is 25.7 Å². The minimum Gasteiger partial charge on any atom is -0.493 e. The Hall–Kier alpha value is -2.31. The lowest BCUT2D eigenvalue weighted by atomic mass is 10.1. The number of aromatic nitrogens is 2. The number of nitrogens with one attached hydrogen (secondary N) is 2. The molecule has 0 saturated carbocycles. The second-order valence-electron chi connectivity index (χ2n) is 7.77. The Balaban J connectivity index is 1.28. The fourth-order valence-electron chi connectivity index (χ4n) is 4.34. The Morgan fingerprint density at radius 3 is 2.83 bits per heavy atom. The smallest absolute Gasteiger partial charge is 0.156 e. The van der Waals surface area contributed by atoms with E-state index in [-0.39, 0.29) is 0 Å². The summed E-state index contributed by atoms with van der Waals surface area (Å²) in [5.41, 5.74) is 5.78. The topological polar surface area (TPSA) is 53.2 Å². The van der Waals surface area contributed by atoms with Gasteiger partial charge in [0.1, 0.15) is 5.75 Å². The number of anilines is 2. The van der Waals surface area contributed by atoms with Crippen LogP contribution in [-0.2, 0) is 6.42 Å². The van der Waals surface area contributed by atoms with Crippen LogP contribution >= 0.6 is 15.9 Å². The van der Waals surface area contributed by atoms with Crippen molar-refractivity contribution in [2.75, 3.05) is 31.6 Å². The van der Waals surface area contributed by atoms with E-state index in [1.807, 2.05) is 18.2 Å². The second-order valence-corrected chi connectivity index (χ2v) is 8.69. The van der Waals surface area contributed by atoms with Crippen LogP contribution in [0.15, 0.2) is 46.9 Å². The number of aromatic amines is 1. The number of halogens is 1. The predicted molar refractivity (Wildman–Crippen MR) is 120 cm³/mol. The first-order chi connectivity index (χ1) is 14.3. The van der Waals surface area contributed by atoms with Gasteiger partial charge in [-0.3, -0.25) is 5.10 Å². The standard InChI is InChI=1S/C23H25BrN4O/c24-16-6-3-7-17(14-16)25-23-20-15-19-18(22(20)26-27-23)8-4-9-21(19)29-13-5-12-28-10-1-2-11-28/h3-4,6-9,14H,1-2,5,10-13,15H2,(H2,25,26,27). The molecular formula is C23H25BrN4O. The molecule has 1 aliphatic heterocycles. The van der Waals surface area contributed by atoms with Gasteiger partial charge in [0.2, 0.25) is 0 Å². The van der Waals surface area contributed by atoms with E-state index in [4.69, 9.17) is 4.74 Å². The van der Waals surface area contributed by atoms with Gasteiger partial charge in [-0.15, -0.1) is 0 Å². The number of rotatable bonds is 7. The van der Waals surface area contributed by atoms with Crippen LogP contribution in [0.2, 0.25) is 0 Å². The van der Waals surface area contributed by atoms with Gasteiger partial charge in [-0.2, -0.15) is 5.10 Å². The first kappa shape index (κ1) is 18.7. The highest BCUT2D eigenvalue weighted by Crippen LogP contribution is 2.43. The molecule has 1 aliphatic carbocycles. The SMILES string of the molecule is Brc1cccc(Nc2n[nH]c3c2Cc2c(OCCCN4CCCC4)cccc2-3)c1. The summed E-state index contributed by atoms with van der Waals surface area (Å²) in [7, 11) is 0. The summed E-state index contributed by atoms with van der Waals surface area (Å²) in [6, 6.07) is 14.5. The molecule has 6 heteroatoms. The van der Waals surface area contributed by atoms with Gasteiger partial charge in [0, 0.05) is 39.8 Å². The summed E-state index contributed by atoms with van der Waals surface area (Å²) in [6.07, 6.45) is 4.59. The summed E-state index contributed by atoms with van der Waals surface area (Å²) in [5, 5.41) is 11.2. The highest BCUT2D eigenvalue weighted by Gasteiger charge is 2.27. The fraction of sp³-hybridized carbons (Fsp3) is 0.348. The van der Waals surface area contributed by atoms with Crippen LogP contribution in [0.4, 0.5) is 11.5 Å². The second kappa shape index (κ2) is 8.20. The van der Waals surface area contributed by atoms with E-state index in [2.05, 4.69) is 60.6 Å². The lowest BCUT2D eigenvalue weighted by Gasteiger charge is -2.15. The van der Waals surface area contributed by atoms with Crippen LogP contribution in [-0.4, -0.2) is 41.3 Å². The molecular weight excluding hydrogens is 428 g/mol. The number of hydrogen-bond acceptors (Lipinski definition) is 4. The lowest BCUT2D eigenvalue weighted by molar-refractivity contribution is 0.262. The molecule has 0 unspecified atom stereocenters. The Bertz CT molecular complexity index is 1010. The van der Waals surface area contributed by atoms with Crippen molar-refractivity contribution in [3.63, 3.8) is 0 Å². The van der Waals surface area contributed by atoms with Crippen LogP contribution in [0.1, 0.15) is 30.4 Å². The van der Waals surface area contributed by atoms with E-state index >= 15 is 0 Å². The molecule has 0 bridgehead atoms. The number of benzene rings is 2. The Morgan fingerprint density at radius 1 is 1.10 bits per heavy atom. The lowest BCUT2D eigenvalue weighted by Crippen LogP contribution is -2.22. The molecule has 0 amide bonds. The van der Waals surface area contributed by atoms with Crippen LogP contribution in [0.5, 0.6) is 5.75 Å². The third kappa shape index (κ3) is 3.91. The van der Waals surface area contributed by atoms with Gasteiger partial charge in [0.05, 0.1) is 12.3 Å². The number of ether oxygens (including phenoxy) is 1. The third-order valence-electron chi connectivity index (χ3n) is 5.79. The van der Waals surface area contributed by atoms with Gasteiger partial charge in [-0.05, 0) is 56.6 Å². The van der Waals surface area contributed by atoms with Gasteiger partial charge in [-0.25, -0.2) is 0 Å². The predicted octanol–water partition coefficient (Wildman–Crippen LogP) is 5.35. The summed E-state index contributed by atoms with van der Waals surface area (Å²) in [6.45, 7) is 4.40. The van der Waals surface area contributed by atoms with Crippen LogP contribution in [0, 0.1) is 0 Å². The maximum atomic E-state index is 6.20. The molecule has 1 aromatic heterocycles. The van der Waals surface area contributed by atoms with E-state index in [1.165, 1.54) is 42.6 Å². The average Bonchev–Trinajstić information content (AvgIpc) is 3.44. The van der Waals surface area contributed by atoms with Crippen molar-refractivity contribution in [1.82, 2.24) is 15.1 Å². The molecule has 3 aromatic rings. The molecule has 1 saturated heterocycles. The molecule has 29 heavy (non-hydrogen) atoms. The molecule has 0 spiro atoms. The minimum absolute atomic E-state index is 0.766. The molecule has 1 fully saturated rings.